The third kappa shape index (κ3) is 3.05. The minimum atomic E-state index is -0.546. The Balaban J connectivity index is 1.99. The zero-order valence-corrected chi connectivity index (χ0v) is 12.0. The molecule has 1 saturated heterocycles. The van der Waals surface area contributed by atoms with Crippen LogP contribution in [-0.4, -0.2) is 29.8 Å². The molecular formula is C15H21N3O2. The van der Waals surface area contributed by atoms with Gasteiger partial charge in [-0.3, -0.25) is 20.4 Å². The lowest BCUT2D eigenvalue weighted by Gasteiger charge is -2.26. The van der Waals surface area contributed by atoms with E-state index in [9.17, 15) is 9.59 Å². The van der Waals surface area contributed by atoms with Crippen LogP contribution in [0, 0.1) is 5.92 Å². The highest BCUT2D eigenvalue weighted by molar-refractivity contribution is 6.42. The lowest BCUT2D eigenvalue weighted by Crippen LogP contribution is -2.47. The van der Waals surface area contributed by atoms with Gasteiger partial charge in [0.1, 0.15) is 0 Å². The number of ketones is 1. The summed E-state index contributed by atoms with van der Waals surface area (Å²) in [6.45, 7) is 6.05. The molecule has 1 aromatic carbocycles. The Morgan fingerprint density at radius 3 is 2.20 bits per heavy atom. The zero-order valence-electron chi connectivity index (χ0n) is 12.0. The van der Waals surface area contributed by atoms with Gasteiger partial charge in [-0.05, 0) is 20.8 Å². The Bertz CT molecular complexity index is 479. The summed E-state index contributed by atoms with van der Waals surface area (Å²) in [5.74, 6) is -0.797. The molecule has 1 aliphatic heterocycles. The number of hydrazine groups is 1. The van der Waals surface area contributed by atoms with Gasteiger partial charge in [0, 0.05) is 29.6 Å². The average molecular weight is 275 g/mol. The second-order valence-corrected chi connectivity index (χ2v) is 5.40. The van der Waals surface area contributed by atoms with Crippen molar-refractivity contribution in [1.82, 2.24) is 16.2 Å². The number of hydrogen-bond acceptors (Lipinski definition) is 4. The molecule has 0 aromatic heterocycles. The first-order chi connectivity index (χ1) is 9.50. The van der Waals surface area contributed by atoms with Crippen LogP contribution in [0.4, 0.5) is 0 Å². The fourth-order valence-corrected chi connectivity index (χ4v) is 2.84. The number of benzene rings is 1. The van der Waals surface area contributed by atoms with Crippen LogP contribution in [0.25, 0.3) is 0 Å². The number of rotatable bonds is 4. The minimum absolute atomic E-state index is 0.0809. The number of Topliss-reactive ketones (excluding diaryl/α,β-unsaturated/α-hetero) is 1. The number of nitrogens with one attached hydrogen (secondary N) is 3. The van der Waals surface area contributed by atoms with E-state index in [2.05, 4.69) is 30.0 Å². The number of carbonyl (C=O) groups excluding carboxylic acids is 2. The summed E-state index contributed by atoms with van der Waals surface area (Å²) < 4.78 is 0. The fourth-order valence-electron chi connectivity index (χ4n) is 2.84. The summed E-state index contributed by atoms with van der Waals surface area (Å²) >= 11 is 0. The Hall–Kier alpha value is -1.72. The average Bonchev–Trinajstić information content (AvgIpc) is 2.78. The summed E-state index contributed by atoms with van der Waals surface area (Å²) in [5, 5.41) is 2.81. The summed E-state index contributed by atoms with van der Waals surface area (Å²) in [4.78, 5) is 24.0. The second kappa shape index (κ2) is 6.15. The molecule has 3 unspecified atom stereocenters. The molecular weight excluding hydrogens is 254 g/mol. The van der Waals surface area contributed by atoms with Crippen molar-refractivity contribution in [3.63, 3.8) is 0 Å². The van der Waals surface area contributed by atoms with Gasteiger partial charge in [-0.2, -0.15) is 0 Å². The molecule has 1 fully saturated rings. The first-order valence-electron chi connectivity index (χ1n) is 6.92. The molecule has 3 N–H and O–H groups in total. The minimum Gasteiger partial charge on any atom is -0.346 e. The molecule has 1 heterocycles. The molecule has 1 aromatic rings. The Morgan fingerprint density at radius 1 is 1.10 bits per heavy atom. The van der Waals surface area contributed by atoms with E-state index in [0.717, 1.165) is 0 Å². The summed E-state index contributed by atoms with van der Waals surface area (Å²) in [7, 11) is 0. The molecule has 3 atom stereocenters. The smallest absolute Gasteiger partial charge is 0.292 e. The van der Waals surface area contributed by atoms with Crippen LogP contribution in [-0.2, 0) is 4.79 Å². The highest BCUT2D eigenvalue weighted by Gasteiger charge is 2.35. The lowest BCUT2D eigenvalue weighted by molar-refractivity contribution is -0.117. The fraction of sp³-hybridized carbons (Fsp3) is 0.467. The molecule has 0 radical (unpaired) electrons. The van der Waals surface area contributed by atoms with Crippen molar-refractivity contribution in [2.75, 3.05) is 0 Å². The zero-order chi connectivity index (χ0) is 14.7. The van der Waals surface area contributed by atoms with Gasteiger partial charge < -0.3 is 5.32 Å². The highest BCUT2D eigenvalue weighted by atomic mass is 16.2. The third-order valence-electron chi connectivity index (χ3n) is 3.87. The third-order valence-corrected chi connectivity index (χ3v) is 3.87. The van der Waals surface area contributed by atoms with Crippen molar-refractivity contribution in [3.8, 4) is 0 Å². The van der Waals surface area contributed by atoms with E-state index >= 15 is 0 Å². The number of carbonyl (C=O) groups is 2. The monoisotopic (exact) mass is 275 g/mol. The summed E-state index contributed by atoms with van der Waals surface area (Å²) in [6, 6.07) is 9.02. The van der Waals surface area contributed by atoms with Crippen LogP contribution in [0.2, 0.25) is 0 Å². The molecule has 5 heteroatoms. The van der Waals surface area contributed by atoms with Gasteiger partial charge in [-0.25, -0.2) is 0 Å². The summed E-state index contributed by atoms with van der Waals surface area (Å²) in [5.41, 5.74) is 6.71. The summed E-state index contributed by atoms with van der Waals surface area (Å²) in [6.07, 6.45) is 0. The van der Waals surface area contributed by atoms with Gasteiger partial charge in [-0.15, -0.1) is 0 Å². The predicted molar refractivity (Wildman–Crippen MR) is 77.1 cm³/mol. The maximum absolute atomic E-state index is 12.0. The molecule has 5 nitrogen and oxygen atoms in total. The van der Waals surface area contributed by atoms with Crippen LogP contribution >= 0.6 is 0 Å². The standard InChI is InChI=1S/C15H21N3O2/c1-9(13-10(2)17-18-11(13)3)16-15(20)14(19)12-7-5-4-6-8-12/h4-11,13,17-18H,1-3H3,(H,16,20). The highest BCUT2D eigenvalue weighted by Crippen LogP contribution is 2.18. The van der Waals surface area contributed by atoms with E-state index in [-0.39, 0.29) is 24.0 Å². The molecule has 0 aliphatic carbocycles. The van der Waals surface area contributed by atoms with Crippen LogP contribution in [0.5, 0.6) is 0 Å². The molecule has 108 valence electrons. The van der Waals surface area contributed by atoms with Gasteiger partial charge in [0.25, 0.3) is 5.91 Å². The second-order valence-electron chi connectivity index (χ2n) is 5.40. The van der Waals surface area contributed by atoms with Crippen LogP contribution in [0.1, 0.15) is 31.1 Å². The molecule has 20 heavy (non-hydrogen) atoms. The first kappa shape index (κ1) is 14.7. The molecule has 0 spiro atoms. The Morgan fingerprint density at radius 2 is 1.65 bits per heavy atom. The van der Waals surface area contributed by atoms with Crippen molar-refractivity contribution in [2.24, 2.45) is 5.92 Å². The van der Waals surface area contributed by atoms with E-state index in [1.807, 2.05) is 13.0 Å². The number of amides is 1. The number of hydrogen-bond donors (Lipinski definition) is 3. The quantitative estimate of drug-likeness (QED) is 0.563. The van der Waals surface area contributed by atoms with Gasteiger partial charge in [0.05, 0.1) is 0 Å². The molecule has 1 amide bonds. The van der Waals surface area contributed by atoms with Gasteiger partial charge >= 0.3 is 0 Å². The van der Waals surface area contributed by atoms with Crippen molar-refractivity contribution in [1.29, 1.82) is 0 Å². The molecule has 1 aliphatic rings. The van der Waals surface area contributed by atoms with E-state index < -0.39 is 11.7 Å². The lowest BCUT2D eigenvalue weighted by atomic mass is 9.89. The predicted octanol–water partition coefficient (Wildman–Crippen LogP) is 0.875. The maximum atomic E-state index is 12.0. The maximum Gasteiger partial charge on any atom is 0.292 e. The van der Waals surface area contributed by atoms with Gasteiger partial charge in [0.15, 0.2) is 0 Å². The van der Waals surface area contributed by atoms with Crippen molar-refractivity contribution >= 4 is 11.7 Å². The Kier molecular flexibility index (Phi) is 4.52. The molecule has 0 saturated carbocycles. The van der Waals surface area contributed by atoms with Crippen LogP contribution < -0.4 is 16.2 Å². The molecule has 0 bridgehead atoms. The first-order valence-corrected chi connectivity index (χ1v) is 6.92. The van der Waals surface area contributed by atoms with E-state index in [1.165, 1.54) is 0 Å². The van der Waals surface area contributed by atoms with Crippen molar-refractivity contribution in [3.05, 3.63) is 35.9 Å². The van der Waals surface area contributed by atoms with E-state index in [1.54, 1.807) is 24.3 Å². The molecule has 2 rings (SSSR count). The topological polar surface area (TPSA) is 70.2 Å². The van der Waals surface area contributed by atoms with Crippen molar-refractivity contribution < 1.29 is 9.59 Å². The largest absolute Gasteiger partial charge is 0.346 e. The normalized spacial score (nSPS) is 27.1. The SMILES string of the molecule is CC1NNC(C)C1C(C)NC(=O)C(=O)c1ccccc1. The van der Waals surface area contributed by atoms with Gasteiger partial charge in [0.2, 0.25) is 5.78 Å². The van der Waals surface area contributed by atoms with E-state index in [4.69, 9.17) is 0 Å². The van der Waals surface area contributed by atoms with E-state index in [0.29, 0.717) is 5.56 Å². The van der Waals surface area contributed by atoms with Gasteiger partial charge in [-0.1, -0.05) is 30.3 Å². The van der Waals surface area contributed by atoms with Crippen LogP contribution in [0.15, 0.2) is 30.3 Å². The Labute approximate surface area is 119 Å². The van der Waals surface area contributed by atoms with Crippen LogP contribution in [0.3, 0.4) is 0 Å². The van der Waals surface area contributed by atoms with Crippen molar-refractivity contribution in [2.45, 2.75) is 38.9 Å².